The molecule has 0 radical (unpaired) electrons. The maximum atomic E-state index is 13.2. The lowest BCUT2D eigenvalue weighted by Gasteiger charge is -2.37. The summed E-state index contributed by atoms with van der Waals surface area (Å²) in [4.78, 5) is 24.3. The van der Waals surface area contributed by atoms with E-state index in [1.54, 1.807) is 13.4 Å². The van der Waals surface area contributed by atoms with Gasteiger partial charge in [-0.2, -0.15) is 4.37 Å². The zero-order valence-corrected chi connectivity index (χ0v) is 22.7. The third kappa shape index (κ3) is 6.34. The van der Waals surface area contributed by atoms with E-state index in [-0.39, 0.29) is 5.91 Å². The number of anilines is 2. The van der Waals surface area contributed by atoms with E-state index in [1.807, 2.05) is 35.2 Å². The number of hydrogen-bond acceptors (Lipinski definition) is 8. The van der Waals surface area contributed by atoms with E-state index >= 15 is 0 Å². The van der Waals surface area contributed by atoms with E-state index in [0.717, 1.165) is 41.2 Å². The molecule has 0 bridgehead atoms. The van der Waals surface area contributed by atoms with Crippen molar-refractivity contribution in [2.75, 3.05) is 49.6 Å². The highest BCUT2D eigenvalue weighted by Crippen LogP contribution is 2.28. The van der Waals surface area contributed by atoms with E-state index in [9.17, 15) is 4.79 Å². The Morgan fingerprint density at radius 2 is 1.84 bits per heavy atom. The topological polar surface area (TPSA) is 74.9 Å². The van der Waals surface area contributed by atoms with Crippen molar-refractivity contribution in [1.29, 1.82) is 0 Å². The molecule has 0 spiro atoms. The van der Waals surface area contributed by atoms with Crippen molar-refractivity contribution in [2.45, 2.75) is 26.3 Å². The molecule has 8 nitrogen and oxygen atoms in total. The van der Waals surface area contributed by atoms with Gasteiger partial charge in [-0.3, -0.25) is 4.79 Å². The number of amides is 1. The summed E-state index contributed by atoms with van der Waals surface area (Å²) in [5, 5.41) is 0.803. The van der Waals surface area contributed by atoms with Gasteiger partial charge in [0.05, 0.1) is 25.6 Å². The normalized spacial score (nSPS) is 13.5. The van der Waals surface area contributed by atoms with E-state index in [0.29, 0.717) is 39.0 Å². The Morgan fingerprint density at radius 1 is 1.05 bits per heavy atom. The van der Waals surface area contributed by atoms with Gasteiger partial charge in [0, 0.05) is 57.1 Å². The summed E-state index contributed by atoms with van der Waals surface area (Å²) in [5.74, 6) is 2.63. The molecule has 2 aromatic carbocycles. The zero-order chi connectivity index (χ0) is 26.3. The lowest BCUT2D eigenvalue weighted by molar-refractivity contribution is -0.131. The van der Waals surface area contributed by atoms with Crippen LogP contribution in [0.1, 0.15) is 29.1 Å². The maximum Gasteiger partial charge on any atom is 0.224 e. The fourth-order valence-corrected chi connectivity index (χ4v) is 5.35. The summed E-state index contributed by atoms with van der Waals surface area (Å²) in [5.41, 5.74) is 3.49. The molecule has 9 heteroatoms. The molecule has 1 fully saturated rings. The average Bonchev–Trinajstić information content (AvgIpc) is 3.64. The SMILES string of the molecule is COc1ccccc1N1CCN(C(=O)CCN(Cc2ccco2)c2nc(Cc3ccc(C)cc3)ns2)CC1. The number of para-hydroxylation sites is 2. The van der Waals surface area contributed by atoms with Crippen LogP contribution in [-0.4, -0.2) is 60.0 Å². The summed E-state index contributed by atoms with van der Waals surface area (Å²) in [7, 11) is 1.69. The molecule has 1 aliphatic rings. The van der Waals surface area contributed by atoms with Crippen LogP contribution in [0.25, 0.3) is 0 Å². The molecule has 2 aromatic heterocycles. The molecule has 0 atom stereocenters. The lowest BCUT2D eigenvalue weighted by Crippen LogP contribution is -2.49. The number of carbonyl (C=O) groups is 1. The Morgan fingerprint density at radius 3 is 2.58 bits per heavy atom. The standard InChI is InChI=1S/C29H33N5O3S/c1-22-9-11-23(12-10-22)20-27-30-29(38-31-27)34(21-24-6-5-19-37-24)14-13-28(35)33-17-15-32(16-18-33)25-7-3-4-8-26(25)36-2/h3-12,19H,13-18,20-21H2,1-2H3. The van der Waals surface area contributed by atoms with Crippen LogP contribution in [0.4, 0.5) is 10.8 Å². The number of aryl methyl sites for hydroxylation is 1. The molecule has 0 aliphatic carbocycles. The number of rotatable bonds is 10. The summed E-state index contributed by atoms with van der Waals surface area (Å²) < 4.78 is 15.7. The van der Waals surface area contributed by atoms with Crippen LogP contribution in [0.2, 0.25) is 0 Å². The monoisotopic (exact) mass is 531 g/mol. The Labute approximate surface area is 227 Å². The highest BCUT2D eigenvalue weighted by Gasteiger charge is 2.24. The minimum atomic E-state index is 0.151. The highest BCUT2D eigenvalue weighted by atomic mass is 32.1. The van der Waals surface area contributed by atoms with Crippen LogP contribution in [0.15, 0.2) is 71.3 Å². The van der Waals surface area contributed by atoms with Crippen LogP contribution < -0.4 is 14.5 Å². The minimum absolute atomic E-state index is 0.151. The van der Waals surface area contributed by atoms with Crippen molar-refractivity contribution in [1.82, 2.24) is 14.3 Å². The number of piperazine rings is 1. The first kappa shape index (κ1) is 25.8. The van der Waals surface area contributed by atoms with Gasteiger partial charge < -0.3 is 23.9 Å². The zero-order valence-electron chi connectivity index (χ0n) is 21.9. The van der Waals surface area contributed by atoms with Gasteiger partial charge in [-0.25, -0.2) is 4.98 Å². The molecule has 1 amide bonds. The second-order valence-electron chi connectivity index (χ2n) is 9.45. The van der Waals surface area contributed by atoms with Crippen molar-refractivity contribution < 1.29 is 13.9 Å². The Hall–Kier alpha value is -3.85. The number of methoxy groups -OCH3 is 1. The Kier molecular flexibility index (Phi) is 8.23. The van der Waals surface area contributed by atoms with Crippen molar-refractivity contribution in [2.24, 2.45) is 0 Å². The highest BCUT2D eigenvalue weighted by molar-refractivity contribution is 7.09. The van der Waals surface area contributed by atoms with Gasteiger partial charge in [-0.15, -0.1) is 0 Å². The van der Waals surface area contributed by atoms with Gasteiger partial charge in [-0.1, -0.05) is 42.0 Å². The fraction of sp³-hybridized carbons (Fsp3) is 0.345. The van der Waals surface area contributed by atoms with Crippen LogP contribution in [-0.2, 0) is 17.8 Å². The maximum absolute atomic E-state index is 13.2. The van der Waals surface area contributed by atoms with Gasteiger partial charge in [-0.05, 0) is 36.8 Å². The molecule has 0 saturated carbocycles. The third-order valence-electron chi connectivity index (χ3n) is 6.79. The molecule has 1 saturated heterocycles. The fourth-order valence-electron chi connectivity index (χ4n) is 4.64. The smallest absolute Gasteiger partial charge is 0.224 e. The van der Waals surface area contributed by atoms with E-state index in [1.165, 1.54) is 22.7 Å². The number of furan rings is 1. The van der Waals surface area contributed by atoms with Crippen molar-refractivity contribution in [3.05, 3.63) is 89.6 Å². The molecule has 5 rings (SSSR count). The number of hydrogen-bond donors (Lipinski definition) is 0. The average molecular weight is 532 g/mol. The second-order valence-corrected chi connectivity index (χ2v) is 10.2. The molecule has 198 valence electrons. The number of aromatic nitrogens is 2. The first-order valence-electron chi connectivity index (χ1n) is 12.9. The first-order chi connectivity index (χ1) is 18.6. The van der Waals surface area contributed by atoms with Crippen LogP contribution in [0, 0.1) is 6.92 Å². The predicted molar refractivity (Wildman–Crippen MR) is 150 cm³/mol. The van der Waals surface area contributed by atoms with Gasteiger partial charge in [0.2, 0.25) is 11.0 Å². The Bertz CT molecular complexity index is 1310. The second kappa shape index (κ2) is 12.1. The summed E-state index contributed by atoms with van der Waals surface area (Å²) in [6, 6.07) is 20.3. The molecule has 0 N–H and O–H groups in total. The van der Waals surface area contributed by atoms with Gasteiger partial charge in [0.25, 0.3) is 0 Å². The van der Waals surface area contributed by atoms with Crippen LogP contribution >= 0.6 is 11.5 Å². The molecule has 3 heterocycles. The van der Waals surface area contributed by atoms with E-state index in [2.05, 4.69) is 51.4 Å². The molecular formula is C29H33N5O3S. The third-order valence-corrected chi connectivity index (χ3v) is 7.61. The largest absolute Gasteiger partial charge is 0.495 e. The number of carbonyl (C=O) groups excluding carboxylic acids is 1. The number of benzene rings is 2. The number of ether oxygens (including phenoxy) is 1. The molecule has 38 heavy (non-hydrogen) atoms. The van der Waals surface area contributed by atoms with Gasteiger partial charge >= 0.3 is 0 Å². The quantitative estimate of drug-likeness (QED) is 0.291. The van der Waals surface area contributed by atoms with E-state index in [4.69, 9.17) is 14.1 Å². The molecule has 4 aromatic rings. The summed E-state index contributed by atoms with van der Waals surface area (Å²) >= 11 is 1.37. The molecule has 0 unspecified atom stereocenters. The Balaban J connectivity index is 1.20. The van der Waals surface area contributed by atoms with E-state index < -0.39 is 0 Å². The molecular weight excluding hydrogens is 498 g/mol. The lowest BCUT2D eigenvalue weighted by atomic mass is 10.1. The summed E-state index contributed by atoms with van der Waals surface area (Å²) in [6.45, 7) is 6.11. The van der Waals surface area contributed by atoms with Crippen molar-refractivity contribution in [3.63, 3.8) is 0 Å². The summed E-state index contributed by atoms with van der Waals surface area (Å²) in [6.07, 6.45) is 2.76. The first-order valence-corrected chi connectivity index (χ1v) is 13.7. The van der Waals surface area contributed by atoms with Gasteiger partial charge in [0.15, 0.2) is 0 Å². The van der Waals surface area contributed by atoms with Crippen molar-refractivity contribution >= 4 is 28.3 Å². The minimum Gasteiger partial charge on any atom is -0.495 e. The van der Waals surface area contributed by atoms with Gasteiger partial charge in [0.1, 0.15) is 17.3 Å². The predicted octanol–water partition coefficient (Wildman–Crippen LogP) is 4.78. The molecule has 1 aliphatic heterocycles. The van der Waals surface area contributed by atoms with Crippen LogP contribution in [0.3, 0.4) is 0 Å². The van der Waals surface area contributed by atoms with Crippen molar-refractivity contribution in [3.8, 4) is 5.75 Å². The van der Waals surface area contributed by atoms with Crippen LogP contribution in [0.5, 0.6) is 5.75 Å². The number of nitrogens with zero attached hydrogens (tertiary/aromatic N) is 5.